The van der Waals surface area contributed by atoms with Crippen LogP contribution >= 0.6 is 11.6 Å². The summed E-state index contributed by atoms with van der Waals surface area (Å²) in [6, 6.07) is 5.86. The molecular formula is C22H35ClN2O2. The number of likely N-dealkylation sites (tertiary alicyclic amines) is 1. The Bertz CT molecular complexity index is 608. The molecule has 0 radical (unpaired) electrons. The van der Waals surface area contributed by atoms with E-state index >= 15 is 0 Å². The summed E-state index contributed by atoms with van der Waals surface area (Å²) in [7, 11) is 0. The third kappa shape index (κ3) is 9.81. The molecule has 27 heavy (non-hydrogen) atoms. The fraction of sp³-hybridized carbons (Fsp3) is 0.636. The van der Waals surface area contributed by atoms with Gasteiger partial charge in [0.05, 0.1) is 0 Å². The second-order valence-electron chi connectivity index (χ2n) is 8.16. The van der Waals surface area contributed by atoms with Gasteiger partial charge < -0.3 is 10.2 Å². The normalized spacial score (nSPS) is 13.6. The van der Waals surface area contributed by atoms with Gasteiger partial charge in [0.1, 0.15) is 0 Å². The second-order valence-corrected chi connectivity index (χ2v) is 8.56. The first-order valence-corrected chi connectivity index (χ1v) is 10.4. The number of amides is 2. The summed E-state index contributed by atoms with van der Waals surface area (Å²) < 4.78 is 0. The Morgan fingerprint density at radius 3 is 2.19 bits per heavy atom. The van der Waals surface area contributed by atoms with E-state index in [0.29, 0.717) is 35.7 Å². The van der Waals surface area contributed by atoms with Crippen LogP contribution in [0.5, 0.6) is 0 Å². The van der Waals surface area contributed by atoms with E-state index in [1.807, 2.05) is 43.9 Å². The van der Waals surface area contributed by atoms with Gasteiger partial charge >= 0.3 is 0 Å². The maximum atomic E-state index is 11.5. The molecule has 0 unspecified atom stereocenters. The molecule has 1 fully saturated rings. The van der Waals surface area contributed by atoms with Crippen LogP contribution in [0.25, 0.3) is 0 Å². The quantitative estimate of drug-likeness (QED) is 0.740. The van der Waals surface area contributed by atoms with Crippen molar-refractivity contribution in [3.8, 4) is 0 Å². The molecule has 1 aromatic carbocycles. The number of nitrogens with one attached hydrogen (secondary N) is 1. The van der Waals surface area contributed by atoms with Gasteiger partial charge in [-0.05, 0) is 48.8 Å². The molecule has 0 spiro atoms. The highest BCUT2D eigenvalue weighted by Crippen LogP contribution is 2.17. The van der Waals surface area contributed by atoms with E-state index in [-0.39, 0.29) is 5.91 Å². The summed E-state index contributed by atoms with van der Waals surface area (Å²) in [5.74, 6) is 1.31. The van der Waals surface area contributed by atoms with Crippen LogP contribution in [0.15, 0.2) is 18.2 Å². The van der Waals surface area contributed by atoms with Gasteiger partial charge in [0.15, 0.2) is 0 Å². The minimum Gasteiger partial charge on any atom is -0.352 e. The van der Waals surface area contributed by atoms with Crippen molar-refractivity contribution in [1.29, 1.82) is 0 Å². The van der Waals surface area contributed by atoms with Crippen LogP contribution in [0, 0.1) is 18.8 Å². The van der Waals surface area contributed by atoms with E-state index in [4.69, 9.17) is 11.6 Å². The van der Waals surface area contributed by atoms with Crippen molar-refractivity contribution >= 4 is 23.4 Å². The topological polar surface area (TPSA) is 49.4 Å². The molecule has 0 aliphatic carbocycles. The lowest BCUT2D eigenvalue weighted by molar-refractivity contribution is -0.130. The maximum absolute atomic E-state index is 11.5. The number of benzene rings is 1. The van der Waals surface area contributed by atoms with Gasteiger partial charge in [0, 0.05) is 37.5 Å². The molecule has 1 aliphatic rings. The molecule has 1 aromatic rings. The molecule has 2 rings (SSSR count). The van der Waals surface area contributed by atoms with E-state index in [0.717, 1.165) is 30.6 Å². The first-order valence-electron chi connectivity index (χ1n) is 9.98. The highest BCUT2D eigenvalue weighted by atomic mass is 35.5. The Morgan fingerprint density at radius 1 is 1.07 bits per heavy atom. The average Bonchev–Trinajstić information content (AvgIpc) is 3.08. The summed E-state index contributed by atoms with van der Waals surface area (Å²) in [4.78, 5) is 24.8. The third-order valence-electron chi connectivity index (χ3n) is 4.32. The Kier molecular flexibility index (Phi) is 10.5. The van der Waals surface area contributed by atoms with E-state index in [2.05, 4.69) is 19.2 Å². The lowest BCUT2D eigenvalue weighted by Crippen LogP contribution is -2.28. The standard InChI is InChI=1S/C13H18ClNO.C9H17NO/c1-9(2)6-13(16)15-8-11-5-4-10(3)7-12(11)14;1-8(2)7-9(11)10-5-3-4-6-10/h4-5,7,9H,6,8H2,1-3H3,(H,15,16);8H,3-7H2,1-2H3. The zero-order valence-electron chi connectivity index (χ0n) is 17.5. The molecular weight excluding hydrogens is 360 g/mol. The molecule has 4 nitrogen and oxygen atoms in total. The minimum absolute atomic E-state index is 0.0756. The van der Waals surface area contributed by atoms with E-state index in [9.17, 15) is 9.59 Å². The smallest absolute Gasteiger partial charge is 0.222 e. The van der Waals surface area contributed by atoms with Crippen molar-refractivity contribution in [3.05, 3.63) is 34.3 Å². The van der Waals surface area contributed by atoms with Gasteiger partial charge in [0.2, 0.25) is 11.8 Å². The first kappa shape index (κ1) is 23.5. The van der Waals surface area contributed by atoms with Gasteiger partial charge in [-0.15, -0.1) is 0 Å². The van der Waals surface area contributed by atoms with Crippen LogP contribution in [-0.2, 0) is 16.1 Å². The third-order valence-corrected chi connectivity index (χ3v) is 4.67. The lowest BCUT2D eigenvalue weighted by Gasteiger charge is -2.16. The Hall–Kier alpha value is -1.55. The monoisotopic (exact) mass is 394 g/mol. The average molecular weight is 395 g/mol. The van der Waals surface area contributed by atoms with Crippen LogP contribution in [0.4, 0.5) is 0 Å². The molecule has 0 atom stereocenters. The number of carbonyl (C=O) groups is 2. The summed E-state index contributed by atoms with van der Waals surface area (Å²) in [5.41, 5.74) is 2.09. The molecule has 1 saturated heterocycles. The molecule has 1 aliphatic heterocycles. The van der Waals surface area contributed by atoms with Gasteiger partial charge in [0.25, 0.3) is 0 Å². The SMILES string of the molecule is CC(C)CC(=O)N1CCCC1.Cc1ccc(CNC(=O)CC(C)C)c(Cl)c1. The predicted molar refractivity (Wildman–Crippen MR) is 113 cm³/mol. The Labute approximate surface area is 169 Å². The Morgan fingerprint density at radius 2 is 1.67 bits per heavy atom. The van der Waals surface area contributed by atoms with Crippen LogP contribution < -0.4 is 5.32 Å². The van der Waals surface area contributed by atoms with Crippen molar-refractivity contribution in [1.82, 2.24) is 10.2 Å². The first-order chi connectivity index (χ1) is 12.7. The number of rotatable bonds is 6. The van der Waals surface area contributed by atoms with Crippen LogP contribution in [0.1, 0.15) is 64.5 Å². The number of nitrogens with zero attached hydrogens (tertiary/aromatic N) is 1. The highest BCUT2D eigenvalue weighted by molar-refractivity contribution is 6.31. The van der Waals surface area contributed by atoms with Gasteiger partial charge in [-0.3, -0.25) is 9.59 Å². The summed E-state index contributed by atoms with van der Waals surface area (Å²) in [6.45, 7) is 12.7. The number of hydrogen-bond donors (Lipinski definition) is 1. The maximum Gasteiger partial charge on any atom is 0.222 e. The zero-order valence-corrected chi connectivity index (χ0v) is 18.2. The van der Waals surface area contributed by atoms with Crippen LogP contribution in [-0.4, -0.2) is 29.8 Å². The molecule has 0 aromatic heterocycles. The summed E-state index contributed by atoms with van der Waals surface area (Å²) >= 11 is 6.07. The van der Waals surface area contributed by atoms with Crippen LogP contribution in [0.2, 0.25) is 5.02 Å². The summed E-state index contributed by atoms with van der Waals surface area (Å²) in [6.07, 6.45) is 3.68. The zero-order chi connectivity index (χ0) is 20.4. The molecule has 2 amide bonds. The predicted octanol–water partition coefficient (Wildman–Crippen LogP) is 4.97. The van der Waals surface area contributed by atoms with E-state index < -0.39 is 0 Å². The van der Waals surface area contributed by atoms with Crippen molar-refractivity contribution in [2.75, 3.05) is 13.1 Å². The molecule has 0 saturated carbocycles. The van der Waals surface area contributed by atoms with Gasteiger partial charge in [-0.1, -0.05) is 51.4 Å². The molecule has 0 bridgehead atoms. The fourth-order valence-corrected chi connectivity index (χ4v) is 3.18. The molecule has 1 N–H and O–H groups in total. The number of aryl methyl sites for hydroxylation is 1. The lowest BCUT2D eigenvalue weighted by atomic mass is 10.1. The van der Waals surface area contributed by atoms with E-state index in [1.54, 1.807) is 0 Å². The van der Waals surface area contributed by atoms with Gasteiger partial charge in [-0.2, -0.15) is 0 Å². The fourth-order valence-electron chi connectivity index (χ4n) is 2.88. The molecule has 1 heterocycles. The number of hydrogen-bond acceptors (Lipinski definition) is 2. The molecule has 5 heteroatoms. The van der Waals surface area contributed by atoms with E-state index in [1.165, 1.54) is 12.8 Å². The van der Waals surface area contributed by atoms with Crippen molar-refractivity contribution in [3.63, 3.8) is 0 Å². The van der Waals surface area contributed by atoms with Crippen LogP contribution in [0.3, 0.4) is 0 Å². The number of halogens is 1. The van der Waals surface area contributed by atoms with Crippen molar-refractivity contribution in [2.45, 2.75) is 66.8 Å². The number of carbonyl (C=O) groups excluding carboxylic acids is 2. The van der Waals surface area contributed by atoms with Crippen molar-refractivity contribution in [2.24, 2.45) is 11.8 Å². The largest absolute Gasteiger partial charge is 0.352 e. The Balaban J connectivity index is 0.000000289. The second kappa shape index (κ2) is 12.0. The minimum atomic E-state index is 0.0756. The highest BCUT2D eigenvalue weighted by Gasteiger charge is 2.17. The molecule has 152 valence electrons. The van der Waals surface area contributed by atoms with Crippen molar-refractivity contribution < 1.29 is 9.59 Å². The van der Waals surface area contributed by atoms with Gasteiger partial charge in [-0.25, -0.2) is 0 Å². The summed E-state index contributed by atoms with van der Waals surface area (Å²) in [5, 5.41) is 3.58.